The average Bonchev–Trinajstić information content (AvgIpc) is 2.84. The first kappa shape index (κ1) is 13.9. The van der Waals surface area contributed by atoms with Crippen LogP contribution in [-0.2, 0) is 6.54 Å². The van der Waals surface area contributed by atoms with Crippen LogP contribution < -0.4 is 5.32 Å². The first-order chi connectivity index (χ1) is 9.49. The summed E-state index contributed by atoms with van der Waals surface area (Å²) in [5.41, 5.74) is 0.598. The zero-order valence-corrected chi connectivity index (χ0v) is 10.5. The Morgan fingerprint density at radius 3 is 2.90 bits per heavy atom. The lowest BCUT2D eigenvalue weighted by Gasteiger charge is -2.10. The third kappa shape index (κ3) is 2.90. The van der Waals surface area contributed by atoms with Gasteiger partial charge in [-0.25, -0.2) is 14.8 Å². The van der Waals surface area contributed by atoms with Crippen molar-refractivity contribution in [3.63, 3.8) is 0 Å². The van der Waals surface area contributed by atoms with Gasteiger partial charge in [-0.05, 0) is 19.1 Å². The lowest BCUT2D eigenvalue weighted by molar-refractivity contribution is 0.0669. The van der Waals surface area contributed by atoms with Gasteiger partial charge in [0.05, 0.1) is 6.54 Å². The van der Waals surface area contributed by atoms with Crippen LogP contribution in [0.15, 0.2) is 24.5 Å². The molecule has 0 amide bonds. The highest BCUT2D eigenvalue weighted by Gasteiger charge is 2.14. The summed E-state index contributed by atoms with van der Waals surface area (Å²) in [5, 5.41) is 11.8. The van der Waals surface area contributed by atoms with Crippen molar-refractivity contribution < 1.29 is 18.7 Å². The predicted molar refractivity (Wildman–Crippen MR) is 66.7 cm³/mol. The molecule has 0 atom stereocenters. The molecule has 8 heteroatoms. The second kappa shape index (κ2) is 5.64. The molecular weight excluding hydrogens is 270 g/mol. The molecule has 2 N–H and O–H groups in total. The zero-order chi connectivity index (χ0) is 14.7. The van der Waals surface area contributed by atoms with Gasteiger partial charge in [0.25, 0.3) is 0 Å². The molecule has 0 aliphatic heterocycles. The van der Waals surface area contributed by atoms with E-state index in [0.717, 1.165) is 6.20 Å². The molecule has 0 spiro atoms. The normalized spacial score (nSPS) is 10.8. The van der Waals surface area contributed by atoms with Gasteiger partial charge in [0.15, 0.2) is 0 Å². The largest absolute Gasteiger partial charge is 0.478 e. The number of pyridine rings is 1. The van der Waals surface area contributed by atoms with Gasteiger partial charge in [-0.2, -0.15) is 8.78 Å². The van der Waals surface area contributed by atoms with Crippen LogP contribution in [0.2, 0.25) is 0 Å². The molecule has 106 valence electrons. The SMILES string of the molecule is Cc1ccc(C(=O)O)c(NCc2nccn2C(F)F)n1. The standard InChI is InChI=1S/C12H12F2N4O2/c1-7-2-3-8(11(19)20)10(17-7)16-6-9-15-4-5-18(9)12(13)14/h2-5,12H,6H2,1H3,(H,16,17)(H,19,20). The Labute approximate surface area is 113 Å². The number of rotatable bonds is 5. The van der Waals surface area contributed by atoms with Gasteiger partial charge in [0.2, 0.25) is 0 Å². The fraction of sp³-hybridized carbons (Fsp3) is 0.250. The van der Waals surface area contributed by atoms with E-state index >= 15 is 0 Å². The molecule has 0 bridgehead atoms. The van der Waals surface area contributed by atoms with E-state index < -0.39 is 12.5 Å². The number of aromatic nitrogens is 3. The molecule has 0 fully saturated rings. The van der Waals surface area contributed by atoms with E-state index in [1.54, 1.807) is 13.0 Å². The molecule has 6 nitrogen and oxygen atoms in total. The van der Waals surface area contributed by atoms with Gasteiger partial charge in [-0.15, -0.1) is 0 Å². The Morgan fingerprint density at radius 1 is 1.50 bits per heavy atom. The van der Waals surface area contributed by atoms with Crippen LogP contribution in [0.4, 0.5) is 14.6 Å². The number of nitrogens with one attached hydrogen (secondary N) is 1. The maximum absolute atomic E-state index is 12.6. The minimum atomic E-state index is -2.70. The number of imidazole rings is 1. The van der Waals surface area contributed by atoms with Gasteiger partial charge in [0.1, 0.15) is 17.2 Å². The smallest absolute Gasteiger partial charge is 0.339 e. The molecule has 2 aromatic rings. The van der Waals surface area contributed by atoms with E-state index in [1.165, 1.54) is 12.3 Å². The lowest BCUT2D eigenvalue weighted by atomic mass is 10.2. The van der Waals surface area contributed by atoms with E-state index in [4.69, 9.17) is 5.11 Å². The lowest BCUT2D eigenvalue weighted by Crippen LogP contribution is -2.13. The van der Waals surface area contributed by atoms with Crippen molar-refractivity contribution in [2.75, 3.05) is 5.32 Å². The third-order valence-corrected chi connectivity index (χ3v) is 2.64. The number of alkyl halides is 2. The molecule has 2 aromatic heterocycles. The monoisotopic (exact) mass is 282 g/mol. The minimum absolute atomic E-state index is 0.0225. The van der Waals surface area contributed by atoms with E-state index in [0.29, 0.717) is 10.3 Å². The quantitative estimate of drug-likeness (QED) is 0.879. The Bertz CT molecular complexity index is 628. The highest BCUT2D eigenvalue weighted by Crippen LogP contribution is 2.16. The molecule has 20 heavy (non-hydrogen) atoms. The number of carbonyl (C=O) groups is 1. The summed E-state index contributed by atoms with van der Waals surface area (Å²) < 4.78 is 26.0. The van der Waals surface area contributed by atoms with Crippen LogP contribution in [0.1, 0.15) is 28.4 Å². The molecule has 0 aliphatic carbocycles. The molecule has 2 heterocycles. The van der Waals surface area contributed by atoms with Crippen molar-refractivity contribution in [2.45, 2.75) is 20.0 Å². The summed E-state index contributed by atoms with van der Waals surface area (Å²) in [4.78, 5) is 18.9. The molecule has 0 aliphatic rings. The number of halogens is 2. The summed E-state index contributed by atoms with van der Waals surface area (Å²) in [7, 11) is 0. The number of aromatic carboxylic acids is 1. The van der Waals surface area contributed by atoms with Crippen molar-refractivity contribution in [1.29, 1.82) is 0 Å². The van der Waals surface area contributed by atoms with Gasteiger partial charge >= 0.3 is 12.5 Å². The second-order valence-electron chi connectivity index (χ2n) is 4.04. The predicted octanol–water partition coefficient (Wildman–Crippen LogP) is 2.29. The number of carboxylic acids is 1. The van der Waals surface area contributed by atoms with E-state index in [2.05, 4.69) is 15.3 Å². The van der Waals surface area contributed by atoms with Crippen molar-refractivity contribution in [1.82, 2.24) is 14.5 Å². The summed E-state index contributed by atoms with van der Waals surface area (Å²) in [6, 6.07) is 2.97. The molecule has 0 aromatic carbocycles. The van der Waals surface area contributed by atoms with Crippen LogP contribution in [0.5, 0.6) is 0 Å². The maximum atomic E-state index is 12.6. The molecule has 0 radical (unpaired) electrons. The summed E-state index contributed by atoms with van der Waals surface area (Å²) in [6.45, 7) is -1.04. The molecule has 0 saturated heterocycles. The maximum Gasteiger partial charge on any atom is 0.339 e. The van der Waals surface area contributed by atoms with Crippen molar-refractivity contribution in [3.05, 3.63) is 41.6 Å². The van der Waals surface area contributed by atoms with E-state index in [9.17, 15) is 13.6 Å². The van der Waals surface area contributed by atoms with Gasteiger partial charge in [0, 0.05) is 18.1 Å². The number of carboxylic acid groups (broad SMARTS) is 1. The van der Waals surface area contributed by atoms with Crippen LogP contribution in [0.3, 0.4) is 0 Å². The highest BCUT2D eigenvalue weighted by molar-refractivity contribution is 5.93. The number of aryl methyl sites for hydroxylation is 1. The Hall–Kier alpha value is -2.51. The van der Waals surface area contributed by atoms with E-state index in [1.807, 2.05) is 0 Å². The van der Waals surface area contributed by atoms with Gasteiger partial charge in [-0.1, -0.05) is 0 Å². The Kier molecular flexibility index (Phi) is 3.92. The number of hydrogen-bond acceptors (Lipinski definition) is 4. The average molecular weight is 282 g/mol. The minimum Gasteiger partial charge on any atom is -0.478 e. The fourth-order valence-corrected chi connectivity index (χ4v) is 1.69. The molecule has 0 saturated carbocycles. The fourth-order valence-electron chi connectivity index (χ4n) is 1.69. The third-order valence-electron chi connectivity index (χ3n) is 2.64. The van der Waals surface area contributed by atoms with E-state index in [-0.39, 0.29) is 23.8 Å². The Morgan fingerprint density at radius 2 is 2.25 bits per heavy atom. The van der Waals surface area contributed by atoms with Crippen LogP contribution >= 0.6 is 0 Å². The zero-order valence-electron chi connectivity index (χ0n) is 10.5. The number of hydrogen-bond donors (Lipinski definition) is 2. The van der Waals surface area contributed by atoms with Crippen molar-refractivity contribution in [2.24, 2.45) is 0 Å². The van der Waals surface area contributed by atoms with Gasteiger partial charge < -0.3 is 10.4 Å². The summed E-state index contributed by atoms with van der Waals surface area (Å²) in [5.74, 6) is -0.918. The summed E-state index contributed by atoms with van der Waals surface area (Å²) in [6.07, 6.45) is 2.41. The number of nitrogens with zero attached hydrogens (tertiary/aromatic N) is 3. The van der Waals surface area contributed by atoms with Gasteiger partial charge in [-0.3, -0.25) is 4.57 Å². The van der Waals surface area contributed by atoms with Crippen LogP contribution in [0, 0.1) is 6.92 Å². The molecule has 0 unspecified atom stereocenters. The van der Waals surface area contributed by atoms with Crippen LogP contribution in [-0.4, -0.2) is 25.6 Å². The topological polar surface area (TPSA) is 80.0 Å². The highest BCUT2D eigenvalue weighted by atomic mass is 19.3. The van der Waals surface area contributed by atoms with Crippen molar-refractivity contribution in [3.8, 4) is 0 Å². The Balaban J connectivity index is 2.20. The first-order valence-corrected chi connectivity index (χ1v) is 5.73. The van der Waals surface area contributed by atoms with Crippen molar-refractivity contribution >= 4 is 11.8 Å². The number of anilines is 1. The van der Waals surface area contributed by atoms with Crippen LogP contribution in [0.25, 0.3) is 0 Å². The molecule has 2 rings (SSSR count). The first-order valence-electron chi connectivity index (χ1n) is 5.73. The molecular formula is C12H12F2N4O2. The summed E-state index contributed by atoms with van der Waals surface area (Å²) >= 11 is 0. The second-order valence-corrected chi connectivity index (χ2v) is 4.04.